The Kier molecular flexibility index (Phi) is 6.12. The largest absolute Gasteiger partial charge is 0.488 e. The van der Waals surface area contributed by atoms with Crippen LogP contribution in [-0.4, -0.2) is 6.54 Å². The van der Waals surface area contributed by atoms with Crippen molar-refractivity contribution >= 4 is 22.4 Å². The second kappa shape index (κ2) is 8.52. The number of nitrogens with one attached hydrogen (secondary N) is 1. The van der Waals surface area contributed by atoms with Gasteiger partial charge in [0, 0.05) is 17.7 Å². The molecule has 0 bridgehead atoms. The summed E-state index contributed by atoms with van der Waals surface area (Å²) in [4.78, 5) is 0. The number of halogens is 2. The van der Waals surface area contributed by atoms with Gasteiger partial charge in [0.15, 0.2) is 0 Å². The topological polar surface area (TPSA) is 21.3 Å². The van der Waals surface area contributed by atoms with Crippen LogP contribution in [0.25, 0.3) is 10.8 Å². The zero-order chi connectivity index (χ0) is 18.5. The van der Waals surface area contributed by atoms with Gasteiger partial charge in [-0.05, 0) is 41.4 Å². The lowest BCUT2D eigenvalue weighted by Gasteiger charge is -2.16. The molecule has 0 aliphatic carbocycles. The van der Waals surface area contributed by atoms with E-state index in [4.69, 9.17) is 16.3 Å². The maximum Gasteiger partial charge on any atom is 0.124 e. The lowest BCUT2D eigenvalue weighted by Crippen LogP contribution is -2.19. The molecule has 0 saturated heterocycles. The molecular weight excluding hydrogens is 349 g/mol. The Bertz CT molecular complexity index is 894. The van der Waals surface area contributed by atoms with Crippen molar-refractivity contribution in [2.45, 2.75) is 27.0 Å². The van der Waals surface area contributed by atoms with Crippen molar-refractivity contribution < 1.29 is 9.13 Å². The van der Waals surface area contributed by atoms with E-state index < -0.39 is 0 Å². The fourth-order valence-corrected chi connectivity index (χ4v) is 3.14. The molecule has 2 nitrogen and oxygen atoms in total. The molecule has 0 aliphatic heterocycles. The number of hydrogen-bond donors (Lipinski definition) is 1. The highest BCUT2D eigenvalue weighted by Gasteiger charge is 2.10. The van der Waals surface area contributed by atoms with Gasteiger partial charge in [0.1, 0.15) is 18.2 Å². The third-order valence-electron chi connectivity index (χ3n) is 4.25. The quantitative estimate of drug-likeness (QED) is 0.553. The lowest BCUT2D eigenvalue weighted by molar-refractivity contribution is 0.302. The first kappa shape index (κ1) is 18.7. The molecule has 4 heteroatoms. The van der Waals surface area contributed by atoms with Crippen molar-refractivity contribution in [3.05, 3.63) is 76.6 Å². The number of rotatable bonds is 7. The summed E-state index contributed by atoms with van der Waals surface area (Å²) in [5.74, 6) is 1.05. The fraction of sp³-hybridized carbons (Fsp3) is 0.273. The maximum absolute atomic E-state index is 13.2. The van der Waals surface area contributed by atoms with E-state index in [1.807, 2.05) is 18.2 Å². The van der Waals surface area contributed by atoms with Crippen molar-refractivity contribution in [3.63, 3.8) is 0 Å². The molecule has 26 heavy (non-hydrogen) atoms. The summed E-state index contributed by atoms with van der Waals surface area (Å²) in [6.07, 6.45) is 0. The molecule has 0 aliphatic rings. The Labute approximate surface area is 158 Å². The first-order valence-electron chi connectivity index (χ1n) is 8.82. The number of ether oxygens (including phenoxy) is 1. The summed E-state index contributed by atoms with van der Waals surface area (Å²) in [5, 5.41) is 6.23. The van der Waals surface area contributed by atoms with E-state index in [0.717, 1.165) is 30.0 Å². The van der Waals surface area contributed by atoms with Crippen LogP contribution in [0.5, 0.6) is 5.75 Å². The number of benzene rings is 3. The summed E-state index contributed by atoms with van der Waals surface area (Å²) in [6, 6.07) is 16.7. The highest BCUT2D eigenvalue weighted by Crippen LogP contribution is 2.29. The molecule has 0 atom stereocenters. The van der Waals surface area contributed by atoms with Crippen LogP contribution in [0.3, 0.4) is 0 Å². The summed E-state index contributed by atoms with van der Waals surface area (Å²) >= 11 is 6.12. The lowest BCUT2D eigenvalue weighted by atomic mass is 10.0. The standard InChI is InChI=1S/C22H23ClFNO/c1-15(2)12-25-13-20-19-6-4-3-5-16(19)8-10-22(20)26-14-17-7-9-18(24)11-21(17)23/h3-11,15,25H,12-14H2,1-2H3. The molecule has 3 aromatic rings. The average Bonchev–Trinajstić information content (AvgIpc) is 2.61. The minimum atomic E-state index is -0.344. The average molecular weight is 372 g/mol. The van der Waals surface area contributed by atoms with Crippen LogP contribution in [0, 0.1) is 11.7 Å². The van der Waals surface area contributed by atoms with Gasteiger partial charge in [-0.1, -0.05) is 61.8 Å². The van der Waals surface area contributed by atoms with Crippen molar-refractivity contribution in [1.29, 1.82) is 0 Å². The Morgan fingerprint density at radius 2 is 1.88 bits per heavy atom. The summed E-state index contributed by atoms with van der Waals surface area (Å²) < 4.78 is 19.3. The van der Waals surface area contributed by atoms with Gasteiger partial charge >= 0.3 is 0 Å². The van der Waals surface area contributed by atoms with Crippen molar-refractivity contribution in [1.82, 2.24) is 5.32 Å². The van der Waals surface area contributed by atoms with Crippen LogP contribution in [0.4, 0.5) is 4.39 Å². The molecule has 136 valence electrons. The molecule has 0 fully saturated rings. The Balaban J connectivity index is 1.86. The van der Waals surface area contributed by atoms with E-state index >= 15 is 0 Å². The van der Waals surface area contributed by atoms with Crippen LogP contribution in [0.2, 0.25) is 5.02 Å². The predicted molar refractivity (Wildman–Crippen MR) is 106 cm³/mol. The second-order valence-electron chi connectivity index (χ2n) is 6.81. The van der Waals surface area contributed by atoms with Crippen LogP contribution >= 0.6 is 11.6 Å². The van der Waals surface area contributed by atoms with Crippen LogP contribution < -0.4 is 10.1 Å². The highest BCUT2D eigenvalue weighted by molar-refractivity contribution is 6.31. The molecule has 0 unspecified atom stereocenters. The molecule has 3 rings (SSSR count). The van der Waals surface area contributed by atoms with E-state index in [0.29, 0.717) is 17.5 Å². The van der Waals surface area contributed by atoms with Gasteiger partial charge in [0.05, 0.1) is 5.02 Å². The maximum atomic E-state index is 13.2. The minimum absolute atomic E-state index is 0.300. The Hall–Kier alpha value is -2.10. The first-order valence-corrected chi connectivity index (χ1v) is 9.20. The van der Waals surface area contributed by atoms with Crippen molar-refractivity contribution in [2.24, 2.45) is 5.92 Å². The van der Waals surface area contributed by atoms with Gasteiger partial charge in [-0.15, -0.1) is 0 Å². The fourth-order valence-electron chi connectivity index (χ4n) is 2.91. The first-order chi connectivity index (χ1) is 12.5. The molecule has 1 N–H and O–H groups in total. The molecular formula is C22H23ClFNO. The summed E-state index contributed by atoms with van der Waals surface area (Å²) in [6.45, 7) is 6.33. The van der Waals surface area contributed by atoms with Crippen LogP contribution in [0.1, 0.15) is 25.0 Å². The van der Waals surface area contributed by atoms with Gasteiger partial charge in [-0.25, -0.2) is 4.39 Å². The summed E-state index contributed by atoms with van der Waals surface area (Å²) in [5.41, 5.74) is 1.89. The molecule has 3 aromatic carbocycles. The smallest absolute Gasteiger partial charge is 0.124 e. The zero-order valence-electron chi connectivity index (χ0n) is 15.1. The minimum Gasteiger partial charge on any atom is -0.488 e. The number of hydrogen-bond acceptors (Lipinski definition) is 2. The van der Waals surface area contributed by atoms with Gasteiger partial charge in [0.2, 0.25) is 0 Å². The molecule has 0 heterocycles. The third-order valence-corrected chi connectivity index (χ3v) is 4.60. The predicted octanol–water partition coefficient (Wildman–Crippen LogP) is 5.96. The van der Waals surface area contributed by atoms with Crippen LogP contribution in [-0.2, 0) is 13.2 Å². The summed E-state index contributed by atoms with van der Waals surface area (Å²) in [7, 11) is 0. The molecule has 0 amide bonds. The second-order valence-corrected chi connectivity index (χ2v) is 7.22. The van der Waals surface area contributed by atoms with Gasteiger partial charge in [-0.2, -0.15) is 0 Å². The van der Waals surface area contributed by atoms with E-state index in [1.165, 1.54) is 22.9 Å². The highest BCUT2D eigenvalue weighted by atomic mass is 35.5. The van der Waals surface area contributed by atoms with Gasteiger partial charge in [-0.3, -0.25) is 0 Å². The SMILES string of the molecule is CC(C)CNCc1c(OCc2ccc(F)cc2Cl)ccc2ccccc12. The van der Waals surface area contributed by atoms with Gasteiger partial charge < -0.3 is 10.1 Å². The van der Waals surface area contributed by atoms with Crippen molar-refractivity contribution in [2.75, 3.05) is 6.54 Å². The van der Waals surface area contributed by atoms with Crippen LogP contribution in [0.15, 0.2) is 54.6 Å². The van der Waals surface area contributed by atoms with E-state index in [2.05, 4.69) is 37.4 Å². The van der Waals surface area contributed by atoms with E-state index in [9.17, 15) is 4.39 Å². The molecule has 0 radical (unpaired) electrons. The zero-order valence-corrected chi connectivity index (χ0v) is 15.8. The Morgan fingerprint density at radius 1 is 1.08 bits per heavy atom. The monoisotopic (exact) mass is 371 g/mol. The van der Waals surface area contributed by atoms with Crippen molar-refractivity contribution in [3.8, 4) is 5.75 Å². The normalized spacial score (nSPS) is 11.3. The molecule has 0 spiro atoms. The molecule has 0 saturated carbocycles. The Morgan fingerprint density at radius 3 is 2.65 bits per heavy atom. The molecule has 0 aromatic heterocycles. The third kappa shape index (κ3) is 4.54. The van der Waals surface area contributed by atoms with E-state index in [-0.39, 0.29) is 5.82 Å². The van der Waals surface area contributed by atoms with Gasteiger partial charge in [0.25, 0.3) is 0 Å². The van der Waals surface area contributed by atoms with E-state index in [1.54, 1.807) is 6.07 Å². The number of fused-ring (bicyclic) bond motifs is 1.